The molecule has 29 heavy (non-hydrogen) atoms. The van der Waals surface area contributed by atoms with Gasteiger partial charge in [0.15, 0.2) is 11.7 Å². The molecule has 3 rings (SSSR count). The molecule has 1 saturated heterocycles. The van der Waals surface area contributed by atoms with E-state index in [-0.39, 0.29) is 11.8 Å². The number of furan rings is 1. The van der Waals surface area contributed by atoms with Crippen LogP contribution in [0, 0.1) is 0 Å². The molecule has 0 spiro atoms. The normalized spacial score (nSPS) is 14.6. The molecule has 1 aliphatic rings. The van der Waals surface area contributed by atoms with E-state index >= 15 is 0 Å². The van der Waals surface area contributed by atoms with Crippen LogP contribution in [0.15, 0.2) is 52.1 Å². The fourth-order valence-corrected chi connectivity index (χ4v) is 3.29. The van der Waals surface area contributed by atoms with E-state index < -0.39 is 0 Å². The minimum absolute atomic E-state index is 0.0692. The van der Waals surface area contributed by atoms with E-state index in [0.717, 1.165) is 37.7 Å². The summed E-state index contributed by atoms with van der Waals surface area (Å²) < 4.78 is 5.20. The molecular formula is C21H27N5O3. The van der Waals surface area contributed by atoms with E-state index in [1.807, 2.05) is 24.3 Å². The van der Waals surface area contributed by atoms with E-state index in [1.54, 1.807) is 24.1 Å². The van der Waals surface area contributed by atoms with Gasteiger partial charge >= 0.3 is 0 Å². The van der Waals surface area contributed by atoms with Crippen LogP contribution in [0.3, 0.4) is 0 Å². The molecule has 0 radical (unpaired) electrons. The molecule has 0 unspecified atom stereocenters. The van der Waals surface area contributed by atoms with Crippen LogP contribution >= 0.6 is 0 Å². The summed E-state index contributed by atoms with van der Waals surface area (Å²) in [6.45, 7) is 4.94. The van der Waals surface area contributed by atoms with Crippen LogP contribution in [-0.2, 0) is 11.2 Å². The molecule has 2 heterocycles. The van der Waals surface area contributed by atoms with Crippen molar-refractivity contribution in [2.24, 2.45) is 4.99 Å². The zero-order valence-electron chi connectivity index (χ0n) is 16.9. The lowest BCUT2D eigenvalue weighted by molar-refractivity contribution is -0.114. The molecule has 1 aromatic carbocycles. The van der Waals surface area contributed by atoms with Gasteiger partial charge in [-0.25, -0.2) is 0 Å². The highest BCUT2D eigenvalue weighted by atomic mass is 16.3. The largest absolute Gasteiger partial charge is 0.459 e. The molecule has 2 amide bonds. The minimum Gasteiger partial charge on any atom is -0.459 e. The molecule has 2 N–H and O–H groups in total. The second kappa shape index (κ2) is 9.77. The molecule has 8 nitrogen and oxygen atoms in total. The number of nitrogens with zero attached hydrogens (tertiary/aromatic N) is 3. The van der Waals surface area contributed by atoms with E-state index in [4.69, 9.17) is 4.42 Å². The molecule has 0 saturated carbocycles. The van der Waals surface area contributed by atoms with Crippen LogP contribution in [0.1, 0.15) is 23.0 Å². The number of hydrogen-bond acceptors (Lipinski definition) is 4. The zero-order valence-corrected chi connectivity index (χ0v) is 16.9. The predicted molar refractivity (Wildman–Crippen MR) is 112 cm³/mol. The van der Waals surface area contributed by atoms with Crippen LogP contribution in [0.5, 0.6) is 0 Å². The quantitative estimate of drug-likeness (QED) is 0.593. The summed E-state index contributed by atoms with van der Waals surface area (Å²) in [5.74, 6) is 1.07. The van der Waals surface area contributed by atoms with Crippen molar-refractivity contribution in [1.82, 2.24) is 15.1 Å². The lowest BCUT2D eigenvalue weighted by Gasteiger charge is -2.36. The van der Waals surface area contributed by atoms with Gasteiger partial charge in [-0.15, -0.1) is 0 Å². The Hall–Kier alpha value is -3.29. The second-order valence-corrected chi connectivity index (χ2v) is 6.86. The zero-order chi connectivity index (χ0) is 20.6. The van der Waals surface area contributed by atoms with Gasteiger partial charge in [0, 0.05) is 52.4 Å². The number of piperazine rings is 1. The summed E-state index contributed by atoms with van der Waals surface area (Å²) in [4.78, 5) is 31.8. The first-order valence-electron chi connectivity index (χ1n) is 9.71. The highest BCUT2D eigenvalue weighted by Gasteiger charge is 2.25. The van der Waals surface area contributed by atoms with Gasteiger partial charge in [0.2, 0.25) is 5.91 Å². The molecule has 0 atom stereocenters. The Kier molecular flexibility index (Phi) is 6.89. The predicted octanol–water partition coefficient (Wildman–Crippen LogP) is 1.81. The number of guanidine groups is 1. The second-order valence-electron chi connectivity index (χ2n) is 6.86. The van der Waals surface area contributed by atoms with Crippen molar-refractivity contribution < 1.29 is 14.0 Å². The van der Waals surface area contributed by atoms with E-state index in [1.165, 1.54) is 18.8 Å². The Bertz CT molecular complexity index is 838. The third kappa shape index (κ3) is 5.60. The van der Waals surface area contributed by atoms with Gasteiger partial charge in [0.1, 0.15) is 0 Å². The van der Waals surface area contributed by atoms with Crippen molar-refractivity contribution in [3.8, 4) is 0 Å². The maximum absolute atomic E-state index is 12.4. The summed E-state index contributed by atoms with van der Waals surface area (Å²) in [7, 11) is 1.77. The number of anilines is 1. The number of carbonyl (C=O) groups excluding carboxylic acids is 2. The maximum Gasteiger partial charge on any atom is 0.289 e. The SMILES string of the molecule is CN=C(NCCc1ccc(NC(C)=O)cc1)N1CCN(C(=O)c2ccco2)CC1. The van der Waals surface area contributed by atoms with Crippen LogP contribution < -0.4 is 10.6 Å². The average Bonchev–Trinajstić information content (AvgIpc) is 3.27. The van der Waals surface area contributed by atoms with Gasteiger partial charge in [-0.3, -0.25) is 14.6 Å². The van der Waals surface area contributed by atoms with E-state index in [0.29, 0.717) is 18.8 Å². The summed E-state index contributed by atoms with van der Waals surface area (Å²) in [6, 6.07) is 11.2. The first-order chi connectivity index (χ1) is 14.1. The van der Waals surface area contributed by atoms with Gasteiger partial charge in [0.05, 0.1) is 6.26 Å². The highest BCUT2D eigenvalue weighted by Crippen LogP contribution is 2.11. The minimum atomic E-state index is -0.0748. The molecule has 2 aromatic rings. The molecule has 1 fully saturated rings. The number of hydrogen-bond donors (Lipinski definition) is 2. The lowest BCUT2D eigenvalue weighted by atomic mass is 10.1. The Morgan fingerprint density at radius 1 is 1.07 bits per heavy atom. The van der Waals surface area contributed by atoms with Crippen LogP contribution in [-0.4, -0.2) is 67.3 Å². The summed E-state index contributed by atoms with van der Waals surface area (Å²) >= 11 is 0. The lowest BCUT2D eigenvalue weighted by Crippen LogP contribution is -2.53. The number of amides is 2. The third-order valence-corrected chi connectivity index (χ3v) is 4.78. The first kappa shape index (κ1) is 20.4. The monoisotopic (exact) mass is 397 g/mol. The van der Waals surface area contributed by atoms with Crippen molar-refractivity contribution in [2.45, 2.75) is 13.3 Å². The van der Waals surface area contributed by atoms with Crippen molar-refractivity contribution in [3.05, 3.63) is 54.0 Å². The van der Waals surface area contributed by atoms with Crippen molar-refractivity contribution >= 4 is 23.5 Å². The van der Waals surface area contributed by atoms with Gasteiger partial charge in [-0.1, -0.05) is 12.1 Å². The van der Waals surface area contributed by atoms with E-state index in [9.17, 15) is 9.59 Å². The summed E-state index contributed by atoms with van der Waals surface area (Å²) in [5.41, 5.74) is 1.97. The molecule has 154 valence electrons. The maximum atomic E-state index is 12.4. The van der Waals surface area contributed by atoms with Gasteiger partial charge in [0.25, 0.3) is 5.91 Å². The van der Waals surface area contributed by atoms with Crippen LogP contribution in [0.2, 0.25) is 0 Å². The number of carbonyl (C=O) groups is 2. The number of aliphatic imine (C=N–C) groups is 1. The van der Waals surface area contributed by atoms with Gasteiger partial charge in [-0.2, -0.15) is 0 Å². The first-order valence-corrected chi connectivity index (χ1v) is 9.71. The van der Waals surface area contributed by atoms with Crippen molar-refractivity contribution in [2.75, 3.05) is 45.1 Å². The Balaban J connectivity index is 1.44. The summed E-state index contributed by atoms with van der Waals surface area (Å²) in [5, 5.41) is 6.15. The molecule has 8 heteroatoms. The third-order valence-electron chi connectivity index (χ3n) is 4.78. The Morgan fingerprint density at radius 2 is 1.76 bits per heavy atom. The van der Waals surface area contributed by atoms with Crippen molar-refractivity contribution in [3.63, 3.8) is 0 Å². The Labute approximate surface area is 170 Å². The topological polar surface area (TPSA) is 90.2 Å². The van der Waals surface area contributed by atoms with Crippen LogP contribution in [0.25, 0.3) is 0 Å². The van der Waals surface area contributed by atoms with Gasteiger partial charge < -0.3 is 24.9 Å². The number of benzene rings is 1. The van der Waals surface area contributed by atoms with Crippen molar-refractivity contribution in [1.29, 1.82) is 0 Å². The molecule has 0 bridgehead atoms. The fourth-order valence-electron chi connectivity index (χ4n) is 3.29. The highest BCUT2D eigenvalue weighted by molar-refractivity contribution is 5.91. The smallest absolute Gasteiger partial charge is 0.289 e. The van der Waals surface area contributed by atoms with E-state index in [2.05, 4.69) is 20.5 Å². The Morgan fingerprint density at radius 3 is 2.34 bits per heavy atom. The summed E-state index contributed by atoms with van der Waals surface area (Å²) in [6.07, 6.45) is 2.36. The van der Waals surface area contributed by atoms with Gasteiger partial charge in [-0.05, 0) is 36.2 Å². The molecule has 1 aromatic heterocycles. The standard InChI is InChI=1S/C21H27N5O3/c1-16(27)24-18-7-5-17(6-8-18)9-10-23-21(22-2)26-13-11-25(12-14-26)20(28)19-4-3-15-29-19/h3-8,15H,9-14H2,1-2H3,(H,22,23)(H,24,27). The average molecular weight is 397 g/mol. The number of rotatable bonds is 5. The number of nitrogens with one attached hydrogen (secondary N) is 2. The molecule has 0 aliphatic carbocycles. The molecule has 1 aliphatic heterocycles. The fraction of sp³-hybridized carbons (Fsp3) is 0.381. The van der Waals surface area contributed by atoms with Crippen LogP contribution in [0.4, 0.5) is 5.69 Å². The molecular weight excluding hydrogens is 370 g/mol.